The molecule has 0 amide bonds. The van der Waals surface area contributed by atoms with E-state index in [2.05, 4.69) is 21.2 Å². The molecule has 5 heteroatoms. The number of hydrogen-bond donors (Lipinski definition) is 1. The molecule has 0 saturated heterocycles. The normalized spacial score (nSPS) is 16.8. The average Bonchev–Trinajstić information content (AvgIpc) is 2.51. The molecule has 0 bridgehead atoms. The number of rotatable bonds is 3. The highest BCUT2D eigenvalue weighted by atomic mass is 79.9. The molecular formula is C16H15BrClNO2. The van der Waals surface area contributed by atoms with Gasteiger partial charge in [-0.3, -0.25) is 0 Å². The lowest BCUT2D eigenvalue weighted by atomic mass is 10.00. The van der Waals surface area contributed by atoms with Gasteiger partial charge in [0.15, 0.2) is 0 Å². The Hall–Kier alpha value is -1.39. The summed E-state index contributed by atoms with van der Waals surface area (Å²) in [4.78, 5) is 0. The highest BCUT2D eigenvalue weighted by Crippen LogP contribution is 2.37. The number of anilines is 1. The molecule has 0 radical (unpaired) electrons. The van der Waals surface area contributed by atoms with Gasteiger partial charge in [-0.2, -0.15) is 0 Å². The van der Waals surface area contributed by atoms with E-state index in [0.717, 1.165) is 33.6 Å². The Bertz CT molecular complexity index is 663. The zero-order chi connectivity index (χ0) is 14.8. The lowest BCUT2D eigenvalue weighted by Gasteiger charge is -2.28. The standard InChI is InChI=1S/C16H15BrClNO2/c1-20-11-3-5-16-12(9-11)15(6-7-21-16)19-10-2-4-13(17)14(18)8-10/h2-5,8-9,15,19H,6-7H2,1H3. The maximum absolute atomic E-state index is 6.15. The molecule has 0 fully saturated rings. The second-order valence-corrected chi connectivity index (χ2v) is 6.13. The highest BCUT2D eigenvalue weighted by Gasteiger charge is 2.22. The second-order valence-electron chi connectivity index (χ2n) is 4.87. The largest absolute Gasteiger partial charge is 0.497 e. The summed E-state index contributed by atoms with van der Waals surface area (Å²) in [5, 5.41) is 4.21. The maximum Gasteiger partial charge on any atom is 0.124 e. The van der Waals surface area contributed by atoms with Crippen molar-refractivity contribution in [1.29, 1.82) is 0 Å². The number of hydrogen-bond acceptors (Lipinski definition) is 3. The Morgan fingerprint density at radius 1 is 1.29 bits per heavy atom. The van der Waals surface area contributed by atoms with E-state index >= 15 is 0 Å². The number of nitrogens with one attached hydrogen (secondary N) is 1. The minimum Gasteiger partial charge on any atom is -0.497 e. The van der Waals surface area contributed by atoms with E-state index in [9.17, 15) is 0 Å². The van der Waals surface area contributed by atoms with Gasteiger partial charge >= 0.3 is 0 Å². The Morgan fingerprint density at radius 2 is 2.14 bits per heavy atom. The van der Waals surface area contributed by atoms with Crippen LogP contribution in [0.4, 0.5) is 5.69 Å². The van der Waals surface area contributed by atoms with Crippen LogP contribution in [-0.2, 0) is 0 Å². The minimum absolute atomic E-state index is 0.182. The molecule has 1 aliphatic rings. The van der Waals surface area contributed by atoms with Crippen LogP contribution < -0.4 is 14.8 Å². The van der Waals surface area contributed by atoms with Crippen molar-refractivity contribution in [3.05, 3.63) is 51.5 Å². The number of halogens is 2. The van der Waals surface area contributed by atoms with Crippen LogP contribution in [0.15, 0.2) is 40.9 Å². The van der Waals surface area contributed by atoms with E-state index in [1.165, 1.54) is 0 Å². The van der Waals surface area contributed by atoms with Crippen LogP contribution in [0.2, 0.25) is 5.02 Å². The van der Waals surface area contributed by atoms with Gasteiger partial charge in [0.25, 0.3) is 0 Å². The number of ether oxygens (including phenoxy) is 2. The molecule has 3 nitrogen and oxygen atoms in total. The Balaban J connectivity index is 1.88. The SMILES string of the molecule is COc1ccc2c(c1)C(Nc1ccc(Br)c(Cl)c1)CCO2. The van der Waals surface area contributed by atoms with E-state index in [-0.39, 0.29) is 6.04 Å². The van der Waals surface area contributed by atoms with Crippen molar-refractivity contribution in [2.45, 2.75) is 12.5 Å². The number of fused-ring (bicyclic) bond motifs is 1. The quantitative estimate of drug-likeness (QED) is 0.822. The molecule has 110 valence electrons. The Morgan fingerprint density at radius 3 is 2.90 bits per heavy atom. The number of benzene rings is 2. The summed E-state index contributed by atoms with van der Waals surface area (Å²) in [6.45, 7) is 0.696. The van der Waals surface area contributed by atoms with E-state index in [0.29, 0.717) is 11.6 Å². The van der Waals surface area contributed by atoms with Crippen LogP contribution >= 0.6 is 27.5 Å². The lowest BCUT2D eigenvalue weighted by molar-refractivity contribution is 0.273. The zero-order valence-corrected chi connectivity index (χ0v) is 13.9. The lowest BCUT2D eigenvalue weighted by Crippen LogP contribution is -2.20. The first-order valence-corrected chi connectivity index (χ1v) is 7.87. The van der Waals surface area contributed by atoms with E-state index < -0.39 is 0 Å². The highest BCUT2D eigenvalue weighted by molar-refractivity contribution is 9.10. The molecule has 1 aliphatic heterocycles. The Labute approximate surface area is 137 Å². The van der Waals surface area contributed by atoms with E-state index in [4.69, 9.17) is 21.1 Å². The molecule has 0 aliphatic carbocycles. The van der Waals surface area contributed by atoms with Crippen molar-refractivity contribution in [3.8, 4) is 11.5 Å². The fourth-order valence-corrected chi connectivity index (χ4v) is 2.86. The van der Waals surface area contributed by atoms with Gasteiger partial charge in [-0.1, -0.05) is 11.6 Å². The molecule has 1 unspecified atom stereocenters. The minimum atomic E-state index is 0.182. The molecule has 1 heterocycles. The summed E-state index contributed by atoms with van der Waals surface area (Å²) in [5.41, 5.74) is 2.10. The van der Waals surface area contributed by atoms with Crippen LogP contribution in [-0.4, -0.2) is 13.7 Å². The first-order chi connectivity index (χ1) is 10.2. The molecule has 0 saturated carbocycles. The molecule has 0 spiro atoms. The summed E-state index contributed by atoms with van der Waals surface area (Å²) in [7, 11) is 1.67. The van der Waals surface area contributed by atoms with Crippen LogP contribution in [0.5, 0.6) is 11.5 Å². The van der Waals surface area contributed by atoms with Crippen LogP contribution in [0.3, 0.4) is 0 Å². The van der Waals surface area contributed by atoms with Gasteiger partial charge in [-0.25, -0.2) is 0 Å². The van der Waals surface area contributed by atoms with Gasteiger partial charge in [0.1, 0.15) is 11.5 Å². The molecule has 1 atom stereocenters. The Kier molecular flexibility index (Phi) is 4.27. The molecule has 21 heavy (non-hydrogen) atoms. The summed E-state index contributed by atoms with van der Waals surface area (Å²) >= 11 is 9.55. The monoisotopic (exact) mass is 367 g/mol. The van der Waals surface area contributed by atoms with Crippen molar-refractivity contribution < 1.29 is 9.47 Å². The maximum atomic E-state index is 6.15. The first kappa shape index (κ1) is 14.5. The fourth-order valence-electron chi connectivity index (χ4n) is 2.44. The third-order valence-corrected chi connectivity index (χ3v) is 4.75. The molecule has 0 aromatic heterocycles. The number of methoxy groups -OCH3 is 1. The van der Waals surface area contributed by atoms with Gasteiger partial charge in [-0.15, -0.1) is 0 Å². The average molecular weight is 369 g/mol. The summed E-state index contributed by atoms with van der Waals surface area (Å²) in [6.07, 6.45) is 0.897. The van der Waals surface area contributed by atoms with Gasteiger partial charge < -0.3 is 14.8 Å². The van der Waals surface area contributed by atoms with Gasteiger partial charge in [0.05, 0.1) is 24.8 Å². The molecule has 2 aromatic carbocycles. The van der Waals surface area contributed by atoms with Crippen molar-refractivity contribution in [1.82, 2.24) is 0 Å². The zero-order valence-electron chi connectivity index (χ0n) is 11.5. The topological polar surface area (TPSA) is 30.5 Å². The van der Waals surface area contributed by atoms with Crippen molar-refractivity contribution in [2.24, 2.45) is 0 Å². The molecule has 2 aromatic rings. The van der Waals surface area contributed by atoms with Crippen molar-refractivity contribution >= 4 is 33.2 Å². The third kappa shape index (κ3) is 3.11. The van der Waals surface area contributed by atoms with E-state index in [1.54, 1.807) is 7.11 Å². The summed E-state index contributed by atoms with van der Waals surface area (Å²) in [5.74, 6) is 1.74. The molecule has 3 rings (SSSR count). The van der Waals surface area contributed by atoms with Gasteiger partial charge in [-0.05, 0) is 52.3 Å². The first-order valence-electron chi connectivity index (χ1n) is 6.69. The third-order valence-electron chi connectivity index (χ3n) is 3.52. The predicted octanol–water partition coefficient (Wildman–Crippen LogP) is 5.05. The van der Waals surface area contributed by atoms with Gasteiger partial charge in [0.2, 0.25) is 0 Å². The van der Waals surface area contributed by atoms with E-state index in [1.807, 2.05) is 36.4 Å². The summed E-state index contributed by atoms with van der Waals surface area (Å²) in [6, 6.07) is 11.9. The van der Waals surface area contributed by atoms with Crippen molar-refractivity contribution in [3.63, 3.8) is 0 Å². The molecule has 1 N–H and O–H groups in total. The smallest absolute Gasteiger partial charge is 0.124 e. The predicted molar refractivity (Wildman–Crippen MR) is 88.6 cm³/mol. The van der Waals surface area contributed by atoms with Crippen LogP contribution in [0, 0.1) is 0 Å². The van der Waals surface area contributed by atoms with Crippen LogP contribution in [0.1, 0.15) is 18.0 Å². The van der Waals surface area contributed by atoms with Crippen LogP contribution in [0.25, 0.3) is 0 Å². The molecular weight excluding hydrogens is 354 g/mol. The summed E-state index contributed by atoms with van der Waals surface area (Å²) < 4.78 is 11.9. The second kappa shape index (κ2) is 6.16. The van der Waals surface area contributed by atoms with Gasteiger partial charge in [0, 0.05) is 22.1 Å². The fraction of sp³-hybridized carbons (Fsp3) is 0.250. The van der Waals surface area contributed by atoms with Crippen molar-refractivity contribution in [2.75, 3.05) is 19.0 Å².